The van der Waals surface area contributed by atoms with Crippen molar-refractivity contribution < 1.29 is 13.6 Å². The van der Waals surface area contributed by atoms with Crippen LogP contribution in [0.3, 0.4) is 0 Å². The summed E-state index contributed by atoms with van der Waals surface area (Å²) in [7, 11) is 0. The van der Waals surface area contributed by atoms with Crippen LogP contribution in [0.25, 0.3) is 0 Å². The van der Waals surface area contributed by atoms with E-state index in [1.165, 1.54) is 30.3 Å². The number of carbonyl (C=O) groups is 1. The third kappa shape index (κ3) is 7.34. The topological polar surface area (TPSA) is 65.5 Å². The van der Waals surface area contributed by atoms with Crippen LogP contribution in [0.4, 0.5) is 14.5 Å². The van der Waals surface area contributed by atoms with Gasteiger partial charge in [0.1, 0.15) is 11.6 Å². The Kier molecular flexibility index (Phi) is 9.56. The van der Waals surface area contributed by atoms with Crippen LogP contribution >= 0.6 is 24.0 Å². The van der Waals surface area contributed by atoms with Gasteiger partial charge in [0.25, 0.3) is 0 Å². The minimum absolute atomic E-state index is 0. The Bertz CT molecular complexity index is 738. The van der Waals surface area contributed by atoms with Gasteiger partial charge in [-0.25, -0.2) is 13.8 Å². The Labute approximate surface area is 168 Å². The van der Waals surface area contributed by atoms with Crippen molar-refractivity contribution in [3.8, 4) is 0 Å². The van der Waals surface area contributed by atoms with Crippen molar-refractivity contribution in [3.63, 3.8) is 0 Å². The van der Waals surface area contributed by atoms with E-state index in [4.69, 9.17) is 0 Å². The molecular weight excluding hydrogens is 453 g/mol. The van der Waals surface area contributed by atoms with Crippen molar-refractivity contribution in [1.29, 1.82) is 0 Å². The molecular formula is C18H21F2IN4O. The lowest BCUT2D eigenvalue weighted by Gasteiger charge is -2.11. The lowest BCUT2D eigenvalue weighted by atomic mass is 10.2. The summed E-state index contributed by atoms with van der Waals surface area (Å²) in [5.74, 6) is -0.593. The molecule has 0 radical (unpaired) electrons. The van der Waals surface area contributed by atoms with Crippen molar-refractivity contribution in [3.05, 3.63) is 65.7 Å². The van der Waals surface area contributed by atoms with Crippen molar-refractivity contribution in [2.45, 2.75) is 13.5 Å². The Morgan fingerprint density at radius 3 is 2.38 bits per heavy atom. The van der Waals surface area contributed by atoms with E-state index < -0.39 is 0 Å². The van der Waals surface area contributed by atoms with Crippen LogP contribution in [0.15, 0.2) is 53.5 Å². The summed E-state index contributed by atoms with van der Waals surface area (Å²) in [6, 6.07) is 11.9. The molecule has 2 rings (SSSR count). The van der Waals surface area contributed by atoms with Gasteiger partial charge in [-0.05, 0) is 37.3 Å². The van der Waals surface area contributed by atoms with Gasteiger partial charge in [-0.2, -0.15) is 0 Å². The first kappa shape index (κ1) is 21.8. The summed E-state index contributed by atoms with van der Waals surface area (Å²) in [6.07, 6.45) is 0. The smallest absolute Gasteiger partial charge is 0.243 e. The average Bonchev–Trinajstić information content (AvgIpc) is 2.60. The van der Waals surface area contributed by atoms with Gasteiger partial charge in [-0.3, -0.25) is 4.79 Å². The molecule has 3 N–H and O–H groups in total. The van der Waals surface area contributed by atoms with Crippen molar-refractivity contribution >= 4 is 41.5 Å². The van der Waals surface area contributed by atoms with E-state index in [2.05, 4.69) is 20.9 Å². The number of halogens is 3. The van der Waals surface area contributed by atoms with Crippen LogP contribution in [0.1, 0.15) is 12.5 Å². The van der Waals surface area contributed by atoms with E-state index in [1.54, 1.807) is 18.2 Å². The number of benzene rings is 2. The van der Waals surface area contributed by atoms with Gasteiger partial charge in [-0.15, -0.1) is 24.0 Å². The molecule has 0 bridgehead atoms. The fourth-order valence-electron chi connectivity index (χ4n) is 2.04. The molecule has 0 aromatic heterocycles. The molecule has 0 saturated heterocycles. The van der Waals surface area contributed by atoms with Crippen molar-refractivity contribution in [2.75, 3.05) is 18.4 Å². The van der Waals surface area contributed by atoms with Gasteiger partial charge in [0, 0.05) is 17.8 Å². The molecule has 0 spiro atoms. The minimum atomic E-state index is -0.370. The maximum Gasteiger partial charge on any atom is 0.243 e. The molecule has 8 heteroatoms. The highest BCUT2D eigenvalue weighted by atomic mass is 127. The Morgan fingerprint density at radius 2 is 1.73 bits per heavy atom. The Hall–Kier alpha value is -2.23. The summed E-state index contributed by atoms with van der Waals surface area (Å²) in [5.41, 5.74) is 0.969. The summed E-state index contributed by atoms with van der Waals surface area (Å²) in [5, 5.41) is 8.50. The largest absolute Gasteiger partial charge is 0.357 e. The molecule has 2 aromatic carbocycles. The fourth-order valence-corrected chi connectivity index (χ4v) is 2.04. The van der Waals surface area contributed by atoms with Gasteiger partial charge < -0.3 is 16.0 Å². The van der Waals surface area contributed by atoms with Gasteiger partial charge in [0.15, 0.2) is 5.96 Å². The van der Waals surface area contributed by atoms with Crippen LogP contribution in [0, 0.1) is 11.6 Å². The number of guanidine groups is 1. The van der Waals surface area contributed by atoms with Crippen molar-refractivity contribution in [2.24, 2.45) is 4.99 Å². The second-order valence-corrected chi connectivity index (χ2v) is 5.20. The van der Waals surface area contributed by atoms with Gasteiger partial charge in [-0.1, -0.05) is 18.2 Å². The summed E-state index contributed by atoms with van der Waals surface area (Å²) >= 11 is 0. The summed E-state index contributed by atoms with van der Waals surface area (Å²) < 4.78 is 26.4. The van der Waals surface area contributed by atoms with E-state index >= 15 is 0 Å². The van der Waals surface area contributed by atoms with Crippen LogP contribution in [-0.2, 0) is 11.3 Å². The molecule has 0 atom stereocenters. The molecule has 5 nitrogen and oxygen atoms in total. The van der Waals surface area contributed by atoms with Crippen molar-refractivity contribution in [1.82, 2.24) is 10.6 Å². The first-order valence-corrected chi connectivity index (χ1v) is 7.89. The van der Waals surface area contributed by atoms with E-state index in [1.807, 2.05) is 6.92 Å². The predicted octanol–water partition coefficient (Wildman–Crippen LogP) is 3.28. The highest BCUT2D eigenvalue weighted by molar-refractivity contribution is 14.0. The number of rotatable bonds is 6. The van der Waals surface area contributed by atoms with Gasteiger partial charge >= 0.3 is 0 Å². The first-order chi connectivity index (χ1) is 12.1. The Morgan fingerprint density at radius 1 is 1.04 bits per heavy atom. The maximum atomic E-state index is 13.6. The fraction of sp³-hybridized carbons (Fsp3) is 0.222. The van der Waals surface area contributed by atoms with Crippen LogP contribution in [-0.4, -0.2) is 25.0 Å². The molecule has 0 heterocycles. The Balaban J connectivity index is 0.00000338. The van der Waals surface area contributed by atoms with E-state index in [-0.39, 0.29) is 54.6 Å². The number of nitrogens with one attached hydrogen (secondary N) is 3. The summed E-state index contributed by atoms with van der Waals surface area (Å²) in [4.78, 5) is 16.2. The van der Waals surface area contributed by atoms with Crippen LogP contribution in [0.2, 0.25) is 0 Å². The molecule has 1 amide bonds. The van der Waals surface area contributed by atoms with Gasteiger partial charge in [0.05, 0.1) is 13.1 Å². The molecule has 2 aromatic rings. The van der Waals surface area contributed by atoms with E-state index in [0.29, 0.717) is 23.8 Å². The van der Waals surface area contributed by atoms with Gasteiger partial charge in [0.2, 0.25) is 5.91 Å². The molecule has 0 aliphatic carbocycles. The third-order valence-electron chi connectivity index (χ3n) is 3.25. The summed E-state index contributed by atoms with van der Waals surface area (Å²) in [6.45, 7) is 2.61. The van der Waals surface area contributed by atoms with E-state index in [9.17, 15) is 13.6 Å². The SMILES string of the molecule is CCNC(=NCc1ccccc1F)NCC(=O)Nc1ccc(F)cc1.I. The van der Waals surface area contributed by atoms with Crippen LogP contribution < -0.4 is 16.0 Å². The normalized spacial score (nSPS) is 10.7. The lowest BCUT2D eigenvalue weighted by Crippen LogP contribution is -2.41. The molecule has 0 aliphatic heterocycles. The zero-order valence-corrected chi connectivity index (χ0v) is 16.6. The van der Waals surface area contributed by atoms with Crippen LogP contribution in [0.5, 0.6) is 0 Å². The zero-order valence-electron chi connectivity index (χ0n) is 14.3. The zero-order chi connectivity index (χ0) is 18.1. The third-order valence-corrected chi connectivity index (χ3v) is 3.25. The number of amides is 1. The maximum absolute atomic E-state index is 13.6. The highest BCUT2D eigenvalue weighted by Gasteiger charge is 2.05. The molecule has 140 valence electrons. The number of anilines is 1. The van der Waals surface area contributed by atoms with E-state index in [0.717, 1.165) is 0 Å². The molecule has 26 heavy (non-hydrogen) atoms. The molecule has 0 fully saturated rings. The highest BCUT2D eigenvalue weighted by Crippen LogP contribution is 2.08. The molecule has 0 aliphatic rings. The molecule has 0 unspecified atom stereocenters. The average molecular weight is 474 g/mol. The first-order valence-electron chi connectivity index (χ1n) is 7.89. The predicted molar refractivity (Wildman–Crippen MR) is 110 cm³/mol. The number of aliphatic imine (C=N–C) groups is 1. The second kappa shape index (κ2) is 11.4. The quantitative estimate of drug-likeness (QED) is 0.342. The number of nitrogens with zero attached hydrogens (tertiary/aromatic N) is 1. The number of hydrogen-bond acceptors (Lipinski definition) is 2. The second-order valence-electron chi connectivity index (χ2n) is 5.20. The standard InChI is InChI=1S/C18H20F2N4O.HI/c1-2-21-18(22-11-13-5-3-4-6-16(13)20)23-12-17(25)24-15-9-7-14(19)8-10-15;/h3-10H,2,11-12H2,1H3,(H,24,25)(H2,21,22,23);1H. The number of carbonyl (C=O) groups excluding carboxylic acids is 1. The lowest BCUT2D eigenvalue weighted by molar-refractivity contribution is -0.115. The number of hydrogen-bond donors (Lipinski definition) is 3. The monoisotopic (exact) mass is 474 g/mol. The minimum Gasteiger partial charge on any atom is -0.357 e. The molecule has 0 saturated carbocycles.